The quantitative estimate of drug-likeness (QED) is 0.885. The van der Waals surface area contributed by atoms with Crippen LogP contribution in [-0.4, -0.2) is 35.1 Å². The predicted molar refractivity (Wildman–Crippen MR) is 84.8 cm³/mol. The molecule has 116 valence electrons. The summed E-state index contributed by atoms with van der Waals surface area (Å²) < 4.78 is 5.49. The van der Waals surface area contributed by atoms with Crippen LogP contribution in [0.4, 0.5) is 0 Å². The third kappa shape index (κ3) is 4.35. The van der Waals surface area contributed by atoms with Crippen LogP contribution in [0, 0.1) is 0 Å². The minimum Gasteiger partial charge on any atom is -0.376 e. The van der Waals surface area contributed by atoms with Crippen molar-refractivity contribution in [2.75, 3.05) is 13.2 Å². The zero-order chi connectivity index (χ0) is 15.2. The lowest BCUT2D eigenvalue weighted by Crippen LogP contribution is -2.32. The van der Waals surface area contributed by atoms with Crippen LogP contribution >= 0.6 is 11.3 Å². The molecule has 1 unspecified atom stereocenters. The maximum Gasteiger partial charge on any atom is 0.226 e. The monoisotopic (exact) mass is 317 g/mol. The topological polar surface area (TPSA) is 64.1 Å². The van der Waals surface area contributed by atoms with Gasteiger partial charge in [-0.25, -0.2) is 4.98 Å². The number of thiazole rings is 1. The molecule has 0 saturated carbocycles. The molecule has 0 bridgehead atoms. The molecule has 3 rings (SSSR count). The van der Waals surface area contributed by atoms with E-state index >= 15 is 0 Å². The van der Waals surface area contributed by atoms with Crippen molar-refractivity contribution in [1.82, 2.24) is 15.3 Å². The first-order valence-corrected chi connectivity index (χ1v) is 8.39. The van der Waals surface area contributed by atoms with Crippen LogP contribution in [0.15, 0.2) is 29.8 Å². The van der Waals surface area contributed by atoms with E-state index in [9.17, 15) is 4.79 Å². The molecule has 1 aliphatic rings. The summed E-state index contributed by atoms with van der Waals surface area (Å²) in [5.74, 6) is 0.00480. The number of nitrogens with one attached hydrogen (secondary N) is 1. The van der Waals surface area contributed by atoms with Crippen molar-refractivity contribution in [2.45, 2.75) is 31.8 Å². The number of hydrogen-bond donors (Lipinski definition) is 1. The highest BCUT2D eigenvalue weighted by molar-refractivity contribution is 7.09. The highest BCUT2D eigenvalue weighted by atomic mass is 32.1. The number of ether oxygens (including phenoxy) is 1. The van der Waals surface area contributed by atoms with E-state index in [0.717, 1.165) is 35.8 Å². The van der Waals surface area contributed by atoms with E-state index in [2.05, 4.69) is 15.3 Å². The van der Waals surface area contributed by atoms with Gasteiger partial charge in [-0.1, -0.05) is 6.07 Å². The highest BCUT2D eigenvalue weighted by Crippen LogP contribution is 2.14. The van der Waals surface area contributed by atoms with Crippen LogP contribution < -0.4 is 5.32 Å². The maximum absolute atomic E-state index is 11.9. The second-order valence-electron chi connectivity index (χ2n) is 5.35. The zero-order valence-corrected chi connectivity index (χ0v) is 13.1. The molecule has 1 aliphatic heterocycles. The number of hydrogen-bond acceptors (Lipinski definition) is 5. The normalized spacial score (nSPS) is 17.5. The van der Waals surface area contributed by atoms with Gasteiger partial charge >= 0.3 is 0 Å². The molecule has 0 spiro atoms. The first-order valence-electron chi connectivity index (χ1n) is 7.51. The van der Waals surface area contributed by atoms with Gasteiger partial charge in [-0.3, -0.25) is 9.78 Å². The lowest BCUT2D eigenvalue weighted by molar-refractivity contribution is -0.121. The summed E-state index contributed by atoms with van der Waals surface area (Å²) >= 11 is 1.57. The first kappa shape index (κ1) is 15.1. The molecule has 0 aliphatic carbocycles. The Bertz CT molecular complexity index is 609. The van der Waals surface area contributed by atoms with Gasteiger partial charge in [0, 0.05) is 36.8 Å². The van der Waals surface area contributed by atoms with Crippen molar-refractivity contribution < 1.29 is 9.53 Å². The van der Waals surface area contributed by atoms with E-state index in [0.29, 0.717) is 19.4 Å². The molecule has 5 nitrogen and oxygen atoms in total. The van der Waals surface area contributed by atoms with Crippen LogP contribution in [-0.2, 0) is 22.4 Å². The number of pyridine rings is 1. The second kappa shape index (κ2) is 7.47. The fraction of sp³-hybridized carbons (Fsp3) is 0.438. The van der Waals surface area contributed by atoms with Gasteiger partial charge in [0.2, 0.25) is 5.91 Å². The number of amides is 1. The number of carbonyl (C=O) groups is 1. The Morgan fingerprint density at radius 2 is 2.36 bits per heavy atom. The lowest BCUT2D eigenvalue weighted by atomic mass is 10.2. The molecule has 0 aromatic carbocycles. The van der Waals surface area contributed by atoms with Gasteiger partial charge in [0.15, 0.2) is 0 Å². The Kier molecular flexibility index (Phi) is 5.13. The molecule has 2 aromatic heterocycles. The van der Waals surface area contributed by atoms with E-state index < -0.39 is 0 Å². The third-order valence-corrected chi connectivity index (χ3v) is 4.45. The van der Waals surface area contributed by atoms with Gasteiger partial charge in [0.05, 0.1) is 23.2 Å². The van der Waals surface area contributed by atoms with E-state index in [4.69, 9.17) is 4.74 Å². The van der Waals surface area contributed by atoms with Crippen molar-refractivity contribution in [2.24, 2.45) is 0 Å². The van der Waals surface area contributed by atoms with Crippen LogP contribution in [0.2, 0.25) is 0 Å². The number of nitrogens with zero attached hydrogens (tertiary/aromatic N) is 2. The fourth-order valence-electron chi connectivity index (χ4n) is 2.43. The standard InChI is InChI=1S/C16H19N3O2S/c20-15(18-10-14-5-3-7-21-14)8-13-11-22-16(19-13)9-12-4-1-2-6-17-12/h1-2,4,6,11,14H,3,5,7-10H2,(H,18,20). The third-order valence-electron chi connectivity index (χ3n) is 3.55. The largest absolute Gasteiger partial charge is 0.376 e. The maximum atomic E-state index is 11.9. The van der Waals surface area contributed by atoms with Gasteiger partial charge in [-0.05, 0) is 25.0 Å². The minimum absolute atomic E-state index is 0.00480. The summed E-state index contributed by atoms with van der Waals surface area (Å²) in [5, 5.41) is 5.86. The Morgan fingerprint density at radius 3 is 3.14 bits per heavy atom. The summed E-state index contributed by atoms with van der Waals surface area (Å²) in [6, 6.07) is 5.85. The smallest absolute Gasteiger partial charge is 0.226 e. The van der Waals surface area contributed by atoms with Gasteiger partial charge in [-0.15, -0.1) is 11.3 Å². The minimum atomic E-state index is 0.00480. The molecule has 1 N–H and O–H groups in total. The molecule has 1 amide bonds. The van der Waals surface area contributed by atoms with E-state index in [1.54, 1.807) is 17.5 Å². The molecule has 1 fully saturated rings. The Balaban J connectivity index is 1.47. The van der Waals surface area contributed by atoms with Crippen LogP contribution in [0.5, 0.6) is 0 Å². The number of rotatable bonds is 6. The Hall–Kier alpha value is -1.79. The van der Waals surface area contributed by atoms with Gasteiger partial charge in [0.1, 0.15) is 0 Å². The van der Waals surface area contributed by atoms with E-state index in [1.165, 1.54) is 0 Å². The Labute approximate surface area is 133 Å². The van der Waals surface area contributed by atoms with Crippen molar-refractivity contribution >= 4 is 17.2 Å². The van der Waals surface area contributed by atoms with E-state index in [1.807, 2.05) is 23.6 Å². The van der Waals surface area contributed by atoms with Crippen molar-refractivity contribution in [3.8, 4) is 0 Å². The predicted octanol–water partition coefficient (Wildman–Crippen LogP) is 1.97. The fourth-order valence-corrected chi connectivity index (χ4v) is 3.24. The van der Waals surface area contributed by atoms with Gasteiger partial charge < -0.3 is 10.1 Å². The molecule has 22 heavy (non-hydrogen) atoms. The van der Waals surface area contributed by atoms with Crippen molar-refractivity contribution in [1.29, 1.82) is 0 Å². The van der Waals surface area contributed by atoms with Crippen LogP contribution in [0.1, 0.15) is 29.2 Å². The van der Waals surface area contributed by atoms with Gasteiger partial charge in [0.25, 0.3) is 0 Å². The molecule has 2 aromatic rings. The van der Waals surface area contributed by atoms with Gasteiger partial charge in [-0.2, -0.15) is 0 Å². The molecule has 1 atom stereocenters. The first-order chi connectivity index (χ1) is 10.8. The summed E-state index contributed by atoms with van der Waals surface area (Å²) in [6.07, 6.45) is 5.12. The molecule has 1 saturated heterocycles. The summed E-state index contributed by atoms with van der Waals surface area (Å²) in [6.45, 7) is 1.41. The molecule has 6 heteroatoms. The van der Waals surface area contributed by atoms with Crippen LogP contribution in [0.3, 0.4) is 0 Å². The van der Waals surface area contributed by atoms with Crippen LogP contribution in [0.25, 0.3) is 0 Å². The lowest BCUT2D eigenvalue weighted by Gasteiger charge is -2.09. The summed E-state index contributed by atoms with van der Waals surface area (Å²) in [5.41, 5.74) is 1.81. The van der Waals surface area contributed by atoms with Crippen molar-refractivity contribution in [3.63, 3.8) is 0 Å². The zero-order valence-electron chi connectivity index (χ0n) is 12.3. The molecule has 3 heterocycles. The Morgan fingerprint density at radius 1 is 1.41 bits per heavy atom. The average Bonchev–Trinajstić information content (AvgIpc) is 3.18. The average molecular weight is 317 g/mol. The molecule has 0 radical (unpaired) electrons. The molecular weight excluding hydrogens is 298 g/mol. The molecular formula is C16H19N3O2S. The second-order valence-corrected chi connectivity index (χ2v) is 6.29. The van der Waals surface area contributed by atoms with E-state index in [-0.39, 0.29) is 12.0 Å². The number of carbonyl (C=O) groups excluding carboxylic acids is 1. The number of aromatic nitrogens is 2. The van der Waals surface area contributed by atoms with Crippen molar-refractivity contribution in [3.05, 3.63) is 46.2 Å². The summed E-state index contributed by atoms with van der Waals surface area (Å²) in [4.78, 5) is 20.7. The summed E-state index contributed by atoms with van der Waals surface area (Å²) in [7, 11) is 0. The highest BCUT2D eigenvalue weighted by Gasteiger charge is 2.16. The SMILES string of the molecule is O=C(Cc1csc(Cc2ccccn2)n1)NCC1CCCO1.